The Hall–Kier alpha value is -5.70. The number of hydrogen-bond acceptors (Lipinski definition) is 17. The summed E-state index contributed by atoms with van der Waals surface area (Å²) >= 11 is 0.951. The summed E-state index contributed by atoms with van der Waals surface area (Å²) in [5, 5.41) is 29.4. The Balaban J connectivity index is 0.00000102. The van der Waals surface area contributed by atoms with Crippen LogP contribution in [0.15, 0.2) is 53.4 Å². The highest BCUT2D eigenvalue weighted by atomic mass is 32.3. The lowest BCUT2D eigenvalue weighted by atomic mass is 9.84. The van der Waals surface area contributed by atoms with E-state index < -0.39 is 70.3 Å². The summed E-state index contributed by atoms with van der Waals surface area (Å²) in [5.74, 6) is -5.79. The van der Waals surface area contributed by atoms with Gasteiger partial charge in [0.25, 0.3) is 17.9 Å². The van der Waals surface area contributed by atoms with Gasteiger partial charge in [-0.05, 0) is 32.5 Å². The third-order valence-electron chi connectivity index (χ3n) is 6.80. The SMILES string of the molecule is CC1(C)C(NC(=O)C(=NOC(COc2ccc(Nc3cc[n+](CCCN)cc3)nc2)C(=O)O)c2csc(N)n2)C(=O)N1OS(=O)(=O)O.O=C([O-])C(F)(F)F. The molecule has 0 bridgehead atoms. The van der Waals surface area contributed by atoms with E-state index in [1.165, 1.54) is 25.4 Å². The molecule has 0 saturated carbocycles. The number of β-lactam (4-membered cyclic amide) rings is 1. The first kappa shape index (κ1) is 42.7. The first-order valence-electron chi connectivity index (χ1n) is 15.0. The van der Waals surface area contributed by atoms with Gasteiger partial charge >= 0.3 is 22.5 Å². The Bertz CT molecular complexity index is 1950. The fourth-order valence-electron chi connectivity index (χ4n) is 4.11. The third kappa shape index (κ3) is 12.2. The van der Waals surface area contributed by atoms with Crippen LogP contribution in [-0.2, 0) is 45.2 Å². The van der Waals surface area contributed by atoms with E-state index in [9.17, 15) is 41.1 Å². The zero-order valence-electron chi connectivity index (χ0n) is 27.9. The number of anilines is 3. The molecule has 0 aliphatic carbocycles. The molecule has 0 spiro atoms. The second-order valence-electron chi connectivity index (χ2n) is 11.2. The number of carbonyl (C=O) groups is 4. The second-order valence-corrected chi connectivity index (χ2v) is 13.1. The molecule has 1 fully saturated rings. The van der Waals surface area contributed by atoms with Gasteiger partial charge in [0, 0.05) is 23.9 Å². The molecule has 26 heteroatoms. The Morgan fingerprint density at radius 2 is 1.87 bits per heavy atom. The number of amides is 2. The van der Waals surface area contributed by atoms with E-state index in [0.717, 1.165) is 30.0 Å². The van der Waals surface area contributed by atoms with E-state index in [1.54, 1.807) is 12.1 Å². The van der Waals surface area contributed by atoms with Crippen LogP contribution < -0.4 is 36.5 Å². The molecule has 54 heavy (non-hydrogen) atoms. The highest BCUT2D eigenvalue weighted by molar-refractivity contribution is 7.80. The van der Waals surface area contributed by atoms with E-state index in [0.29, 0.717) is 17.4 Å². The van der Waals surface area contributed by atoms with Crippen molar-refractivity contribution in [1.82, 2.24) is 20.3 Å². The number of nitrogen functional groups attached to an aromatic ring is 1. The number of ether oxygens (including phenoxy) is 1. The van der Waals surface area contributed by atoms with Gasteiger partial charge in [0.15, 0.2) is 23.2 Å². The minimum atomic E-state index is -5.19. The van der Waals surface area contributed by atoms with Gasteiger partial charge in [-0.25, -0.2) is 19.3 Å². The molecule has 2 atom stereocenters. The predicted molar refractivity (Wildman–Crippen MR) is 175 cm³/mol. The van der Waals surface area contributed by atoms with Gasteiger partial charge in [0.05, 0.1) is 17.4 Å². The number of pyridine rings is 2. The maximum atomic E-state index is 13.2. The lowest BCUT2D eigenvalue weighted by Crippen LogP contribution is -2.76. The number of aliphatic carboxylic acids is 2. The zero-order valence-corrected chi connectivity index (χ0v) is 29.6. The molecule has 1 aliphatic rings. The van der Waals surface area contributed by atoms with Crippen LogP contribution in [0.2, 0.25) is 0 Å². The molecule has 4 heterocycles. The minimum absolute atomic E-state index is 0.0512. The lowest BCUT2D eigenvalue weighted by molar-refractivity contribution is -0.697. The van der Waals surface area contributed by atoms with Crippen LogP contribution in [0.5, 0.6) is 5.75 Å². The number of nitrogens with one attached hydrogen (secondary N) is 2. The number of oxime groups is 1. The monoisotopic (exact) mass is 807 g/mol. The molecule has 0 aromatic carbocycles. The fourth-order valence-corrected chi connectivity index (χ4v) is 5.11. The lowest BCUT2D eigenvalue weighted by Gasteiger charge is -2.50. The number of carbonyl (C=O) groups excluding carboxylic acids is 3. The van der Waals surface area contributed by atoms with Crippen LogP contribution in [-0.4, -0.2) is 99.6 Å². The molecule has 3 aromatic rings. The summed E-state index contributed by atoms with van der Waals surface area (Å²) in [7, 11) is -5.02. The van der Waals surface area contributed by atoms with Gasteiger partial charge in [-0.2, -0.15) is 26.7 Å². The molecule has 3 aromatic heterocycles. The van der Waals surface area contributed by atoms with Crippen molar-refractivity contribution in [2.45, 2.75) is 50.7 Å². The van der Waals surface area contributed by atoms with Crippen LogP contribution in [0.3, 0.4) is 0 Å². The van der Waals surface area contributed by atoms with E-state index >= 15 is 0 Å². The average molecular weight is 808 g/mol. The first-order chi connectivity index (χ1) is 25.1. The summed E-state index contributed by atoms with van der Waals surface area (Å²) in [5.41, 5.74) is 9.96. The van der Waals surface area contributed by atoms with Crippen LogP contribution >= 0.6 is 11.3 Å². The van der Waals surface area contributed by atoms with Gasteiger partial charge < -0.3 is 46.7 Å². The van der Waals surface area contributed by atoms with Gasteiger partial charge in [0.2, 0.25) is 0 Å². The van der Waals surface area contributed by atoms with E-state index in [1.807, 2.05) is 29.1 Å². The van der Waals surface area contributed by atoms with Crippen LogP contribution in [0.1, 0.15) is 26.0 Å². The summed E-state index contributed by atoms with van der Waals surface area (Å²) in [4.78, 5) is 59.8. The quantitative estimate of drug-likeness (QED) is 0.0329. The zero-order chi connectivity index (χ0) is 40.4. The third-order valence-corrected chi connectivity index (χ3v) is 7.81. The van der Waals surface area contributed by atoms with Gasteiger partial charge in [-0.15, -0.1) is 15.6 Å². The Labute approximate surface area is 307 Å². The van der Waals surface area contributed by atoms with Crippen molar-refractivity contribution in [3.8, 4) is 5.75 Å². The molecule has 294 valence electrons. The fraction of sp³-hybridized carbons (Fsp3) is 0.357. The number of thiazole rings is 1. The first-order valence-corrected chi connectivity index (χ1v) is 17.2. The number of hydroxylamine groups is 2. The summed E-state index contributed by atoms with van der Waals surface area (Å²) in [6, 6.07) is 5.61. The molecule has 21 nitrogen and oxygen atoms in total. The van der Waals surface area contributed by atoms with E-state index in [4.69, 9.17) is 35.5 Å². The predicted octanol–water partition coefficient (Wildman–Crippen LogP) is -1.11. The highest BCUT2D eigenvalue weighted by Gasteiger charge is 2.58. The van der Waals surface area contributed by atoms with Crippen LogP contribution in [0, 0.1) is 0 Å². The number of carboxylic acid groups (broad SMARTS) is 2. The summed E-state index contributed by atoms with van der Waals surface area (Å²) in [6.45, 7) is 3.57. The van der Waals surface area contributed by atoms with Crippen LogP contribution in [0.4, 0.5) is 29.8 Å². The normalized spacial score (nSPS) is 15.9. The largest absolute Gasteiger partial charge is 0.542 e. The number of aryl methyl sites for hydroxylation is 1. The molecule has 2 amide bonds. The van der Waals surface area contributed by atoms with Gasteiger partial charge in [-0.3, -0.25) is 14.1 Å². The summed E-state index contributed by atoms with van der Waals surface area (Å²) in [6.07, 6.45) is -0.850. The maximum Gasteiger partial charge on any atom is 0.430 e. The van der Waals surface area contributed by atoms with Crippen molar-refractivity contribution in [1.29, 1.82) is 0 Å². The number of hydrogen-bond donors (Lipinski definition) is 6. The number of rotatable bonds is 16. The summed E-state index contributed by atoms with van der Waals surface area (Å²) < 4.78 is 74.5. The minimum Gasteiger partial charge on any atom is -0.542 e. The highest BCUT2D eigenvalue weighted by Crippen LogP contribution is 2.33. The van der Waals surface area contributed by atoms with Crippen molar-refractivity contribution >= 4 is 67.8 Å². The van der Waals surface area contributed by atoms with Crippen molar-refractivity contribution in [3.05, 3.63) is 53.9 Å². The molecule has 1 saturated heterocycles. The molecule has 1 aliphatic heterocycles. The van der Waals surface area contributed by atoms with Gasteiger partial charge in [-0.1, -0.05) is 5.16 Å². The van der Waals surface area contributed by atoms with Crippen molar-refractivity contribution in [2.24, 2.45) is 10.9 Å². The van der Waals surface area contributed by atoms with E-state index in [-0.39, 0.29) is 16.6 Å². The second kappa shape index (κ2) is 17.9. The maximum absolute atomic E-state index is 13.2. The molecule has 8 N–H and O–H groups in total. The topological polar surface area (TPSA) is 315 Å². The number of alkyl halides is 3. The Morgan fingerprint density at radius 3 is 2.35 bits per heavy atom. The average Bonchev–Trinajstić information content (AvgIpc) is 3.52. The smallest absolute Gasteiger partial charge is 0.430 e. The number of carboxylic acids is 2. The van der Waals surface area contributed by atoms with Crippen molar-refractivity contribution in [3.63, 3.8) is 0 Å². The molecule has 4 rings (SSSR count). The Morgan fingerprint density at radius 1 is 1.22 bits per heavy atom. The van der Waals surface area contributed by atoms with E-state index in [2.05, 4.69) is 30.0 Å². The molecule has 0 radical (unpaired) electrons. The number of aromatic nitrogens is 3. The van der Waals surface area contributed by atoms with Crippen molar-refractivity contribution < 1.29 is 74.0 Å². The Kier molecular flexibility index (Phi) is 14.1. The number of nitrogens with zero attached hydrogens (tertiary/aromatic N) is 5. The van der Waals surface area contributed by atoms with Crippen LogP contribution in [0.25, 0.3) is 0 Å². The van der Waals surface area contributed by atoms with Gasteiger partial charge in [0.1, 0.15) is 42.4 Å². The number of nitrogens with two attached hydrogens (primary N) is 2. The molecular formula is C28H32F3N9O12S2. The van der Waals surface area contributed by atoms with Crippen molar-refractivity contribution in [2.75, 3.05) is 24.2 Å². The standard InChI is InChI=1S/C26H31N9O10S2.C2HF3O2/c1-26(2)21(23(37)35(26)45-47(40,41)42)32-22(36)20(17-14-46-25(28)31-17)33-44-18(24(38)39)13-43-16-4-5-19(29-12-16)30-15-6-10-34(11-7-15)9-3-8-27;3-2(4,5)1(6)7/h4-7,10-12,14,18,21H,3,8-9,13,27H2,1-2H3,(H5,28,31,32,36,38,39,40,41,42);(H,6,7). The molecular weight excluding hydrogens is 775 g/mol. The molecule has 2 unspecified atom stereocenters. The number of halogens is 3.